The molecule has 1 amide bonds. The van der Waals surface area contributed by atoms with E-state index in [1.54, 1.807) is 18.0 Å². The lowest BCUT2D eigenvalue weighted by Crippen LogP contribution is -2.36. The monoisotopic (exact) mass is 365 g/mol. The van der Waals surface area contributed by atoms with Gasteiger partial charge in [0.15, 0.2) is 0 Å². The molecule has 1 aliphatic rings. The molecule has 0 bridgehead atoms. The number of amides is 1. The number of hydrogen-bond donors (Lipinski definition) is 1. The van der Waals surface area contributed by atoms with Crippen molar-refractivity contribution < 1.29 is 9.53 Å². The first-order valence-corrected chi connectivity index (χ1v) is 9.05. The van der Waals surface area contributed by atoms with E-state index in [2.05, 4.69) is 21.4 Å². The van der Waals surface area contributed by atoms with Gasteiger partial charge in [0, 0.05) is 19.2 Å². The van der Waals surface area contributed by atoms with Gasteiger partial charge in [0.05, 0.1) is 24.5 Å². The van der Waals surface area contributed by atoms with Gasteiger partial charge in [0.25, 0.3) is 5.91 Å². The first-order valence-electron chi connectivity index (χ1n) is 9.05. The number of aromatic amines is 1. The van der Waals surface area contributed by atoms with Gasteiger partial charge in [-0.05, 0) is 37.6 Å². The van der Waals surface area contributed by atoms with Crippen LogP contribution in [0, 0.1) is 13.8 Å². The van der Waals surface area contributed by atoms with Crippen molar-refractivity contribution in [1.29, 1.82) is 0 Å². The normalized spacial score (nSPS) is 15.4. The van der Waals surface area contributed by atoms with Gasteiger partial charge in [-0.15, -0.1) is 0 Å². The summed E-state index contributed by atoms with van der Waals surface area (Å²) in [6.07, 6.45) is 0.793. The number of nitrogens with zero attached hydrogens (tertiary/aromatic N) is 4. The highest BCUT2D eigenvalue weighted by atomic mass is 16.5. The van der Waals surface area contributed by atoms with Gasteiger partial charge in [0.2, 0.25) is 0 Å². The zero-order valence-corrected chi connectivity index (χ0v) is 15.8. The van der Waals surface area contributed by atoms with E-state index in [-0.39, 0.29) is 12.0 Å². The maximum atomic E-state index is 12.7. The summed E-state index contributed by atoms with van der Waals surface area (Å²) in [6, 6.07) is 11.8. The molecule has 1 aromatic carbocycles. The fraction of sp³-hybridized carbons (Fsp3) is 0.350. The van der Waals surface area contributed by atoms with Crippen LogP contribution in [0.2, 0.25) is 0 Å². The molecule has 1 N–H and O–H groups in total. The molecule has 0 saturated carbocycles. The Morgan fingerprint density at radius 3 is 2.89 bits per heavy atom. The number of carbonyl (C=O) groups excluding carboxylic acids is 1. The Labute approximate surface area is 157 Å². The maximum absolute atomic E-state index is 12.7. The van der Waals surface area contributed by atoms with E-state index >= 15 is 0 Å². The number of para-hydroxylation sites is 1. The molecule has 4 rings (SSSR count). The van der Waals surface area contributed by atoms with Crippen LogP contribution in [-0.2, 0) is 13.0 Å². The number of hydrogen-bond acceptors (Lipinski definition) is 4. The smallest absolute Gasteiger partial charge is 0.274 e. The molecule has 3 aromatic rings. The number of rotatable bonds is 5. The quantitative estimate of drug-likeness (QED) is 0.753. The summed E-state index contributed by atoms with van der Waals surface area (Å²) in [5.41, 5.74) is 4.49. The van der Waals surface area contributed by atoms with Gasteiger partial charge in [-0.2, -0.15) is 10.2 Å². The molecule has 0 aliphatic carbocycles. The van der Waals surface area contributed by atoms with E-state index in [0.717, 1.165) is 29.3 Å². The van der Waals surface area contributed by atoms with E-state index in [4.69, 9.17) is 4.74 Å². The van der Waals surface area contributed by atoms with Gasteiger partial charge in [-0.1, -0.05) is 18.2 Å². The number of ether oxygens (including phenoxy) is 1. The molecular formula is C20H23N5O2. The highest BCUT2D eigenvalue weighted by Gasteiger charge is 2.26. The van der Waals surface area contributed by atoms with Gasteiger partial charge >= 0.3 is 0 Å². The summed E-state index contributed by atoms with van der Waals surface area (Å²) in [6.45, 7) is 5.05. The van der Waals surface area contributed by atoms with Gasteiger partial charge in [0.1, 0.15) is 17.5 Å². The molecule has 140 valence electrons. The van der Waals surface area contributed by atoms with Crippen molar-refractivity contribution >= 4 is 5.91 Å². The van der Waals surface area contributed by atoms with Crippen molar-refractivity contribution in [3.8, 4) is 5.75 Å². The van der Waals surface area contributed by atoms with E-state index in [1.807, 2.05) is 42.8 Å². The summed E-state index contributed by atoms with van der Waals surface area (Å²) < 4.78 is 7.82. The van der Waals surface area contributed by atoms with Crippen LogP contribution in [0.3, 0.4) is 0 Å². The first kappa shape index (κ1) is 17.3. The second-order valence-electron chi connectivity index (χ2n) is 7.10. The largest absolute Gasteiger partial charge is 0.488 e. The van der Waals surface area contributed by atoms with Gasteiger partial charge in [-0.3, -0.25) is 14.6 Å². The molecule has 7 heteroatoms. The maximum Gasteiger partial charge on any atom is 0.274 e. The summed E-state index contributed by atoms with van der Waals surface area (Å²) in [5.74, 6) is 0.792. The lowest BCUT2D eigenvalue weighted by Gasteiger charge is -2.20. The van der Waals surface area contributed by atoms with Crippen LogP contribution in [0.4, 0.5) is 0 Å². The van der Waals surface area contributed by atoms with Crippen LogP contribution < -0.4 is 4.74 Å². The molecule has 27 heavy (non-hydrogen) atoms. The van der Waals surface area contributed by atoms with Crippen molar-refractivity contribution in [2.24, 2.45) is 0 Å². The Balaban J connectivity index is 1.38. The number of carbonyl (C=O) groups is 1. The van der Waals surface area contributed by atoms with Crippen molar-refractivity contribution in [1.82, 2.24) is 24.9 Å². The van der Waals surface area contributed by atoms with Crippen LogP contribution in [0.15, 0.2) is 36.4 Å². The predicted octanol–water partition coefficient (Wildman–Crippen LogP) is 2.35. The minimum atomic E-state index is -0.120. The van der Waals surface area contributed by atoms with Crippen LogP contribution in [-0.4, -0.2) is 50.5 Å². The van der Waals surface area contributed by atoms with Crippen molar-refractivity contribution in [2.75, 3.05) is 13.6 Å². The average Bonchev–Trinajstić information content (AvgIpc) is 3.33. The van der Waals surface area contributed by atoms with Crippen LogP contribution >= 0.6 is 0 Å². The molecule has 0 fully saturated rings. The fourth-order valence-corrected chi connectivity index (χ4v) is 3.49. The van der Waals surface area contributed by atoms with E-state index in [0.29, 0.717) is 18.8 Å². The second kappa shape index (κ2) is 6.90. The fourth-order valence-electron chi connectivity index (χ4n) is 3.49. The highest BCUT2D eigenvalue weighted by molar-refractivity contribution is 5.92. The number of aryl methyl sites for hydroxylation is 2. The molecule has 7 nitrogen and oxygen atoms in total. The molecule has 0 saturated heterocycles. The molecule has 1 aliphatic heterocycles. The number of aromatic nitrogens is 4. The predicted molar refractivity (Wildman–Crippen MR) is 101 cm³/mol. The SMILES string of the molecule is Cc1cc(C)n(Cc2cc(C(=O)N(C)CC3Cc4ccccc4O3)n[nH]2)n1. The van der Waals surface area contributed by atoms with E-state index in [1.165, 1.54) is 5.56 Å². The molecular weight excluding hydrogens is 342 g/mol. The number of nitrogens with one attached hydrogen (secondary N) is 1. The molecule has 0 spiro atoms. The molecule has 1 unspecified atom stereocenters. The van der Waals surface area contributed by atoms with Crippen molar-refractivity contribution in [3.05, 3.63) is 64.7 Å². The summed E-state index contributed by atoms with van der Waals surface area (Å²) in [4.78, 5) is 14.4. The lowest BCUT2D eigenvalue weighted by molar-refractivity contribution is 0.0724. The molecule has 2 aromatic heterocycles. The molecule has 3 heterocycles. The Kier molecular flexibility index (Phi) is 4.43. The minimum Gasteiger partial charge on any atom is -0.488 e. The van der Waals surface area contributed by atoms with Gasteiger partial charge in [-0.25, -0.2) is 0 Å². The summed E-state index contributed by atoms with van der Waals surface area (Å²) in [5, 5.41) is 11.6. The topological polar surface area (TPSA) is 76.0 Å². The van der Waals surface area contributed by atoms with Crippen molar-refractivity contribution in [3.63, 3.8) is 0 Å². The number of likely N-dealkylation sites (N-methyl/N-ethyl adjacent to an activating group) is 1. The highest BCUT2D eigenvalue weighted by Crippen LogP contribution is 2.28. The third-order valence-corrected chi connectivity index (χ3v) is 4.81. The molecule has 0 radical (unpaired) electrons. The number of benzene rings is 1. The van der Waals surface area contributed by atoms with Crippen LogP contribution in [0.25, 0.3) is 0 Å². The first-order chi connectivity index (χ1) is 13.0. The van der Waals surface area contributed by atoms with Gasteiger partial charge < -0.3 is 9.64 Å². The van der Waals surface area contributed by atoms with E-state index in [9.17, 15) is 4.79 Å². The number of fused-ring (bicyclic) bond motifs is 1. The second-order valence-corrected chi connectivity index (χ2v) is 7.10. The van der Waals surface area contributed by atoms with Crippen molar-refractivity contribution in [2.45, 2.75) is 32.9 Å². The zero-order chi connectivity index (χ0) is 19.0. The standard InChI is InChI=1S/C20H23N5O2/c1-13-8-14(2)25(23-13)11-16-10-18(22-21-16)20(26)24(3)12-17-9-15-6-4-5-7-19(15)27-17/h4-8,10,17H,9,11-12H2,1-3H3,(H,21,22). The van der Waals surface area contributed by atoms with E-state index < -0.39 is 0 Å². The average molecular weight is 365 g/mol. The molecule has 1 atom stereocenters. The summed E-state index contributed by atoms with van der Waals surface area (Å²) in [7, 11) is 1.78. The number of H-pyrrole nitrogens is 1. The Bertz CT molecular complexity index is 949. The Morgan fingerprint density at radius 1 is 1.33 bits per heavy atom. The third-order valence-electron chi connectivity index (χ3n) is 4.81. The Morgan fingerprint density at radius 2 is 2.15 bits per heavy atom. The zero-order valence-electron chi connectivity index (χ0n) is 15.8. The van der Waals surface area contributed by atoms with Crippen LogP contribution in [0.1, 0.15) is 33.1 Å². The third kappa shape index (κ3) is 3.58. The summed E-state index contributed by atoms with van der Waals surface area (Å²) >= 11 is 0. The minimum absolute atomic E-state index is 0.0236. The lowest BCUT2D eigenvalue weighted by atomic mass is 10.1. The Hall–Kier alpha value is -3.09. The van der Waals surface area contributed by atoms with Crippen LogP contribution in [0.5, 0.6) is 5.75 Å².